The van der Waals surface area contributed by atoms with Crippen LogP contribution in [-0.2, 0) is 11.3 Å². The second kappa shape index (κ2) is 6.56. The van der Waals surface area contributed by atoms with Gasteiger partial charge in [0.15, 0.2) is 11.5 Å². The van der Waals surface area contributed by atoms with E-state index in [9.17, 15) is 4.79 Å². The quantitative estimate of drug-likeness (QED) is 0.625. The average Bonchev–Trinajstić information content (AvgIpc) is 3.31. The zero-order valence-corrected chi connectivity index (χ0v) is 14.5. The highest BCUT2D eigenvalue weighted by Gasteiger charge is 2.17. The second-order valence-corrected chi connectivity index (χ2v) is 6.11. The summed E-state index contributed by atoms with van der Waals surface area (Å²) in [7, 11) is 0. The molecule has 1 aliphatic heterocycles. The van der Waals surface area contributed by atoms with E-state index in [1.165, 1.54) is 6.33 Å². The minimum Gasteiger partial charge on any atom is -0.457 e. The molecule has 0 atom stereocenters. The molecule has 8 heteroatoms. The highest BCUT2D eigenvalue weighted by atomic mass is 79.9. The fraction of sp³-hybridized carbons (Fsp3) is 0.118. The molecule has 0 aliphatic carbocycles. The third kappa shape index (κ3) is 3.20. The van der Waals surface area contributed by atoms with Gasteiger partial charge < -0.3 is 14.2 Å². The lowest BCUT2D eigenvalue weighted by Gasteiger charge is -2.08. The smallest absolute Gasteiger partial charge is 0.338 e. The SMILES string of the molecule is O=C(OCc1cc2c(cc1Br)OCO2)c1ccc(-n2cncn2)cc1. The van der Waals surface area contributed by atoms with E-state index in [-0.39, 0.29) is 13.4 Å². The Balaban J connectivity index is 1.44. The molecule has 3 aromatic rings. The van der Waals surface area contributed by atoms with Crippen molar-refractivity contribution in [3.05, 3.63) is 64.7 Å². The highest BCUT2D eigenvalue weighted by molar-refractivity contribution is 9.10. The molecule has 126 valence electrons. The zero-order valence-electron chi connectivity index (χ0n) is 12.9. The van der Waals surface area contributed by atoms with Crippen molar-refractivity contribution in [2.24, 2.45) is 0 Å². The van der Waals surface area contributed by atoms with Gasteiger partial charge in [-0.2, -0.15) is 5.10 Å². The predicted molar refractivity (Wildman–Crippen MR) is 90.7 cm³/mol. The molecule has 4 rings (SSSR count). The number of halogens is 1. The molecular weight excluding hydrogens is 390 g/mol. The largest absolute Gasteiger partial charge is 0.457 e. The topological polar surface area (TPSA) is 75.5 Å². The van der Waals surface area contributed by atoms with Crippen molar-refractivity contribution >= 4 is 21.9 Å². The zero-order chi connectivity index (χ0) is 17.2. The molecular formula is C17H12BrN3O4. The Morgan fingerprint density at radius 2 is 1.96 bits per heavy atom. The Morgan fingerprint density at radius 1 is 1.20 bits per heavy atom. The van der Waals surface area contributed by atoms with E-state index in [1.54, 1.807) is 47.4 Å². The number of rotatable bonds is 4. The van der Waals surface area contributed by atoms with Crippen LogP contribution in [0.3, 0.4) is 0 Å². The van der Waals surface area contributed by atoms with Crippen LogP contribution in [0.5, 0.6) is 11.5 Å². The molecule has 2 heterocycles. The van der Waals surface area contributed by atoms with E-state index < -0.39 is 5.97 Å². The van der Waals surface area contributed by atoms with Crippen molar-refractivity contribution in [1.82, 2.24) is 14.8 Å². The molecule has 0 spiro atoms. The van der Waals surface area contributed by atoms with Gasteiger partial charge in [-0.15, -0.1) is 0 Å². The number of esters is 1. The molecule has 7 nitrogen and oxygen atoms in total. The van der Waals surface area contributed by atoms with Crippen LogP contribution in [0.25, 0.3) is 5.69 Å². The summed E-state index contributed by atoms with van der Waals surface area (Å²) in [4.78, 5) is 16.1. The monoisotopic (exact) mass is 401 g/mol. The normalized spacial score (nSPS) is 12.2. The van der Waals surface area contributed by atoms with Crippen LogP contribution in [-0.4, -0.2) is 27.5 Å². The summed E-state index contributed by atoms with van der Waals surface area (Å²) in [6.07, 6.45) is 3.04. The Hall–Kier alpha value is -2.87. The number of benzene rings is 2. The molecule has 25 heavy (non-hydrogen) atoms. The first-order valence-corrected chi connectivity index (χ1v) is 8.20. The van der Waals surface area contributed by atoms with Gasteiger partial charge in [0.1, 0.15) is 19.3 Å². The lowest BCUT2D eigenvalue weighted by Crippen LogP contribution is -2.06. The molecule has 0 unspecified atom stereocenters. The van der Waals surface area contributed by atoms with Gasteiger partial charge in [-0.05, 0) is 36.4 Å². The molecule has 0 amide bonds. The van der Waals surface area contributed by atoms with E-state index in [0.717, 1.165) is 15.7 Å². The molecule has 0 saturated carbocycles. The van der Waals surface area contributed by atoms with E-state index >= 15 is 0 Å². The number of hydrogen-bond donors (Lipinski definition) is 0. The number of ether oxygens (including phenoxy) is 3. The van der Waals surface area contributed by atoms with Gasteiger partial charge in [-0.1, -0.05) is 15.9 Å². The van der Waals surface area contributed by atoms with E-state index in [0.29, 0.717) is 17.1 Å². The molecule has 0 saturated heterocycles. The van der Waals surface area contributed by atoms with Gasteiger partial charge in [-0.25, -0.2) is 14.5 Å². The van der Waals surface area contributed by atoms with E-state index in [4.69, 9.17) is 14.2 Å². The van der Waals surface area contributed by atoms with Crippen molar-refractivity contribution in [3.8, 4) is 17.2 Å². The maximum atomic E-state index is 12.2. The number of nitrogens with zero attached hydrogens (tertiary/aromatic N) is 3. The fourth-order valence-corrected chi connectivity index (χ4v) is 2.83. The third-order valence-corrected chi connectivity index (χ3v) is 4.42. The van der Waals surface area contributed by atoms with E-state index in [1.807, 2.05) is 0 Å². The molecule has 1 aromatic heterocycles. The van der Waals surface area contributed by atoms with Crippen LogP contribution < -0.4 is 9.47 Å². The van der Waals surface area contributed by atoms with Gasteiger partial charge >= 0.3 is 5.97 Å². The van der Waals surface area contributed by atoms with Gasteiger partial charge in [0.25, 0.3) is 0 Å². The van der Waals surface area contributed by atoms with Crippen LogP contribution in [0.4, 0.5) is 0 Å². The summed E-state index contributed by atoms with van der Waals surface area (Å²) >= 11 is 3.45. The molecule has 0 radical (unpaired) electrons. The predicted octanol–water partition coefficient (Wildman–Crippen LogP) is 3.12. The first-order valence-electron chi connectivity index (χ1n) is 7.41. The lowest BCUT2D eigenvalue weighted by atomic mass is 10.2. The third-order valence-electron chi connectivity index (χ3n) is 3.69. The summed E-state index contributed by atoms with van der Waals surface area (Å²) in [6.45, 7) is 0.323. The van der Waals surface area contributed by atoms with Crippen LogP contribution >= 0.6 is 15.9 Å². The van der Waals surface area contributed by atoms with Crippen LogP contribution in [0.1, 0.15) is 15.9 Å². The number of carbonyl (C=O) groups excluding carboxylic acids is 1. The molecule has 0 bridgehead atoms. The molecule has 0 fully saturated rings. The Kier molecular flexibility index (Phi) is 4.10. The lowest BCUT2D eigenvalue weighted by molar-refractivity contribution is 0.0471. The van der Waals surface area contributed by atoms with Gasteiger partial charge in [0.05, 0.1) is 11.3 Å². The first-order chi connectivity index (χ1) is 12.2. The van der Waals surface area contributed by atoms with Gasteiger partial charge in [0, 0.05) is 10.0 Å². The summed E-state index contributed by atoms with van der Waals surface area (Å²) in [5.41, 5.74) is 2.07. The fourth-order valence-electron chi connectivity index (χ4n) is 2.39. The maximum Gasteiger partial charge on any atom is 0.338 e. The van der Waals surface area contributed by atoms with Crippen LogP contribution in [0.15, 0.2) is 53.5 Å². The minimum atomic E-state index is -0.408. The van der Waals surface area contributed by atoms with Crippen molar-refractivity contribution in [2.75, 3.05) is 6.79 Å². The summed E-state index contributed by atoms with van der Waals surface area (Å²) in [5.74, 6) is 0.909. The van der Waals surface area contributed by atoms with Crippen molar-refractivity contribution in [1.29, 1.82) is 0 Å². The number of aromatic nitrogens is 3. The molecule has 1 aliphatic rings. The van der Waals surface area contributed by atoms with E-state index in [2.05, 4.69) is 26.0 Å². The second-order valence-electron chi connectivity index (χ2n) is 5.26. The Bertz CT molecular complexity index is 910. The summed E-state index contributed by atoms with van der Waals surface area (Å²) in [6, 6.07) is 10.5. The summed E-state index contributed by atoms with van der Waals surface area (Å²) in [5, 5.41) is 4.04. The Morgan fingerprint density at radius 3 is 2.68 bits per heavy atom. The average molecular weight is 402 g/mol. The minimum absolute atomic E-state index is 0.126. The molecule has 2 aromatic carbocycles. The molecule has 0 N–H and O–H groups in total. The number of carbonyl (C=O) groups is 1. The van der Waals surface area contributed by atoms with Gasteiger partial charge in [-0.3, -0.25) is 0 Å². The first kappa shape index (κ1) is 15.6. The Labute approximate surface area is 151 Å². The highest BCUT2D eigenvalue weighted by Crippen LogP contribution is 2.37. The van der Waals surface area contributed by atoms with Crippen LogP contribution in [0, 0.1) is 0 Å². The van der Waals surface area contributed by atoms with Gasteiger partial charge in [0.2, 0.25) is 6.79 Å². The number of fused-ring (bicyclic) bond motifs is 1. The number of hydrogen-bond acceptors (Lipinski definition) is 6. The van der Waals surface area contributed by atoms with Crippen molar-refractivity contribution in [3.63, 3.8) is 0 Å². The van der Waals surface area contributed by atoms with Crippen molar-refractivity contribution in [2.45, 2.75) is 6.61 Å². The maximum absolute atomic E-state index is 12.2. The standard InChI is InChI=1S/C17H12BrN3O4/c18-14-6-16-15(24-10-25-16)5-12(14)7-23-17(22)11-1-3-13(4-2-11)21-9-19-8-20-21/h1-6,8-9H,7,10H2. The van der Waals surface area contributed by atoms with Crippen LogP contribution in [0.2, 0.25) is 0 Å². The van der Waals surface area contributed by atoms with Crippen molar-refractivity contribution < 1.29 is 19.0 Å². The summed E-state index contributed by atoms with van der Waals surface area (Å²) < 4.78 is 18.4.